The minimum atomic E-state index is -2.06. The Balaban J connectivity index is 1.66. The zero-order chi connectivity index (χ0) is 23.3. The largest absolute Gasteiger partial charge is 0.465 e. The predicted molar refractivity (Wildman–Crippen MR) is 110 cm³/mol. The highest BCUT2D eigenvalue weighted by atomic mass is 16.6. The summed E-state index contributed by atoms with van der Waals surface area (Å²) in [6.45, 7) is 8.63. The van der Waals surface area contributed by atoms with E-state index in [-0.39, 0.29) is 30.8 Å². The zero-order valence-electron chi connectivity index (χ0n) is 18.9. The first-order valence-corrected chi connectivity index (χ1v) is 11.5. The molecule has 9 atom stereocenters. The van der Waals surface area contributed by atoms with Crippen LogP contribution in [0.3, 0.4) is 0 Å². The molecule has 4 bridgehead atoms. The molecule has 6 rings (SSSR count). The first-order valence-electron chi connectivity index (χ1n) is 11.5. The average molecular weight is 449 g/mol. The number of allylic oxidation sites excluding steroid dienone is 1. The minimum absolute atomic E-state index is 0.00223. The van der Waals surface area contributed by atoms with Crippen LogP contribution in [0.2, 0.25) is 0 Å². The number of Topliss-reactive ketones (excluding diaryl/α,β-unsaturated/α-hetero) is 1. The Morgan fingerprint density at radius 2 is 1.94 bits per heavy atom. The predicted octanol–water partition coefficient (Wildman–Crippen LogP) is 1.52. The Labute approximate surface area is 187 Å². The van der Waals surface area contributed by atoms with Gasteiger partial charge in [-0.2, -0.15) is 0 Å². The molecule has 0 unspecified atom stereocenters. The van der Waals surface area contributed by atoms with Crippen LogP contribution in [0.1, 0.15) is 52.9 Å². The van der Waals surface area contributed by atoms with Crippen LogP contribution in [-0.4, -0.2) is 59.1 Å². The van der Waals surface area contributed by atoms with Gasteiger partial charge in [0.15, 0.2) is 5.78 Å². The quantitative estimate of drug-likeness (QED) is 0.493. The lowest BCUT2D eigenvalue weighted by molar-refractivity contribution is -0.443. The van der Waals surface area contributed by atoms with Crippen LogP contribution < -0.4 is 0 Å². The van der Waals surface area contributed by atoms with E-state index in [2.05, 4.69) is 6.58 Å². The lowest BCUT2D eigenvalue weighted by Crippen LogP contribution is -2.83. The molecule has 8 nitrogen and oxygen atoms in total. The highest BCUT2D eigenvalue weighted by molar-refractivity contribution is 6.04. The number of carbonyl (C=O) groups is 3. The van der Waals surface area contributed by atoms with Crippen molar-refractivity contribution in [1.82, 2.24) is 0 Å². The number of ketones is 1. The Kier molecular flexibility index (Phi) is 4.57. The summed E-state index contributed by atoms with van der Waals surface area (Å²) in [5.74, 6) is -3.96. The maximum Gasteiger partial charge on any atom is 0.302 e. The lowest BCUT2D eigenvalue weighted by atomic mass is 9.36. The van der Waals surface area contributed by atoms with Gasteiger partial charge in [-0.1, -0.05) is 13.5 Å². The fraction of sp³-hybridized carbons (Fsp3) is 0.792. The molecule has 0 aromatic heterocycles. The summed E-state index contributed by atoms with van der Waals surface area (Å²) >= 11 is 0. The van der Waals surface area contributed by atoms with E-state index in [1.807, 2.05) is 6.92 Å². The molecule has 176 valence electrons. The second kappa shape index (κ2) is 6.64. The van der Waals surface area contributed by atoms with Crippen LogP contribution in [0.25, 0.3) is 0 Å². The molecule has 2 saturated heterocycles. The highest BCUT2D eigenvalue weighted by Crippen LogP contribution is 2.76. The van der Waals surface area contributed by atoms with Gasteiger partial charge in [0.25, 0.3) is 0 Å². The van der Waals surface area contributed by atoms with Gasteiger partial charge in [-0.15, -0.1) is 0 Å². The van der Waals surface area contributed by atoms with E-state index in [1.165, 1.54) is 13.8 Å². The van der Waals surface area contributed by atoms with E-state index in [4.69, 9.17) is 14.2 Å². The third-order valence-electron chi connectivity index (χ3n) is 9.60. The van der Waals surface area contributed by atoms with Crippen LogP contribution in [0.15, 0.2) is 12.2 Å². The summed E-state index contributed by atoms with van der Waals surface area (Å²) in [5.41, 5.74) is -2.25. The topological polar surface area (TPSA) is 119 Å². The monoisotopic (exact) mass is 448 g/mol. The number of fused-ring (bicyclic) bond motifs is 2. The molecule has 4 saturated carbocycles. The Morgan fingerprint density at radius 3 is 2.59 bits per heavy atom. The van der Waals surface area contributed by atoms with Crippen molar-refractivity contribution in [3.63, 3.8) is 0 Å². The van der Waals surface area contributed by atoms with Crippen molar-refractivity contribution in [3.8, 4) is 0 Å². The van der Waals surface area contributed by atoms with Crippen LogP contribution in [0.4, 0.5) is 0 Å². The van der Waals surface area contributed by atoms with Crippen LogP contribution in [0.5, 0.6) is 0 Å². The summed E-state index contributed by atoms with van der Waals surface area (Å²) in [7, 11) is 0. The zero-order valence-corrected chi connectivity index (χ0v) is 18.9. The van der Waals surface area contributed by atoms with Crippen molar-refractivity contribution in [1.29, 1.82) is 0 Å². The number of esters is 2. The molecule has 6 aliphatic rings. The number of rotatable bonds is 3. The molecule has 0 radical (unpaired) electrons. The normalized spacial score (nSPS) is 51.1. The van der Waals surface area contributed by atoms with Crippen LogP contribution in [0, 0.1) is 34.0 Å². The van der Waals surface area contributed by atoms with E-state index in [0.717, 1.165) is 12.8 Å². The van der Waals surface area contributed by atoms with Crippen molar-refractivity contribution >= 4 is 17.7 Å². The molecule has 2 N–H and O–H groups in total. The third-order valence-corrected chi connectivity index (χ3v) is 9.60. The van der Waals surface area contributed by atoms with Crippen molar-refractivity contribution in [3.05, 3.63) is 12.2 Å². The summed E-state index contributed by atoms with van der Waals surface area (Å²) < 4.78 is 17.1. The van der Waals surface area contributed by atoms with Crippen molar-refractivity contribution < 1.29 is 38.8 Å². The highest BCUT2D eigenvalue weighted by Gasteiger charge is 2.84. The number of ether oxygens (including phenoxy) is 3. The van der Waals surface area contributed by atoms with Gasteiger partial charge in [-0.25, -0.2) is 0 Å². The molecule has 0 aromatic rings. The van der Waals surface area contributed by atoms with Gasteiger partial charge in [0.05, 0.1) is 12.0 Å². The number of carbonyl (C=O) groups excluding carboxylic acids is 3. The first kappa shape index (κ1) is 22.0. The number of aliphatic hydroxyl groups is 2. The molecule has 2 spiro atoms. The van der Waals surface area contributed by atoms with Gasteiger partial charge in [0, 0.05) is 30.6 Å². The molecule has 32 heavy (non-hydrogen) atoms. The van der Waals surface area contributed by atoms with E-state index in [1.54, 1.807) is 0 Å². The lowest BCUT2D eigenvalue weighted by Gasteiger charge is -2.74. The van der Waals surface area contributed by atoms with Crippen molar-refractivity contribution in [2.45, 2.75) is 70.9 Å². The second-order valence-corrected chi connectivity index (χ2v) is 10.9. The summed E-state index contributed by atoms with van der Waals surface area (Å²) in [4.78, 5) is 37.2. The maximum atomic E-state index is 13.6. The molecule has 8 heteroatoms. The molecule has 0 amide bonds. The third kappa shape index (κ3) is 2.36. The van der Waals surface area contributed by atoms with E-state index < -0.39 is 52.1 Å². The van der Waals surface area contributed by atoms with E-state index >= 15 is 0 Å². The number of hydrogen-bond donors (Lipinski definition) is 2. The standard InChI is InChI=1S/C24H32O8/c1-12-15-5-6-16-22-8-7-17(32-14(3)26)21(4,10-30-13(2)25)18(22)20(28)24(29,31-11-22)23(16,9-15)19(12)27/h15-18,20,28-29H,1,5-11H2,2-4H3/t15-,16+,17+,18-,20+,21-,22-,23+,24+/m1/s1. The van der Waals surface area contributed by atoms with Crippen molar-refractivity contribution in [2.75, 3.05) is 13.2 Å². The van der Waals surface area contributed by atoms with Gasteiger partial charge >= 0.3 is 11.9 Å². The minimum Gasteiger partial charge on any atom is -0.465 e. The maximum absolute atomic E-state index is 13.6. The molecular weight excluding hydrogens is 416 g/mol. The first-order chi connectivity index (χ1) is 14.9. The molecule has 2 heterocycles. The summed E-state index contributed by atoms with van der Waals surface area (Å²) in [6.07, 6.45) is 1.04. The molecule has 0 aromatic carbocycles. The Hall–Kier alpha value is -1.77. The smallest absolute Gasteiger partial charge is 0.302 e. The average Bonchev–Trinajstić information content (AvgIpc) is 2.92. The number of hydrogen-bond acceptors (Lipinski definition) is 8. The Morgan fingerprint density at radius 1 is 1.22 bits per heavy atom. The van der Waals surface area contributed by atoms with Gasteiger partial charge in [-0.05, 0) is 49.5 Å². The molecule has 4 aliphatic carbocycles. The van der Waals surface area contributed by atoms with Crippen LogP contribution >= 0.6 is 0 Å². The van der Waals surface area contributed by atoms with E-state index in [0.29, 0.717) is 24.8 Å². The molecule has 2 aliphatic heterocycles. The fourth-order valence-electron chi connectivity index (χ4n) is 8.46. The van der Waals surface area contributed by atoms with Crippen molar-refractivity contribution in [2.24, 2.45) is 34.0 Å². The van der Waals surface area contributed by atoms with Crippen LogP contribution in [-0.2, 0) is 28.6 Å². The van der Waals surface area contributed by atoms with Gasteiger partial charge in [0.1, 0.15) is 18.8 Å². The molecule has 6 fully saturated rings. The Bertz CT molecular complexity index is 914. The SMILES string of the molecule is C=C1C(=O)[C@]23C[C@H]1CC[C@H]2[C@]12CC[C@H](OC(C)=O)[C@@](C)(COC(C)=O)[C@H]1[C@H](O)[C@]3(O)OC2. The van der Waals surface area contributed by atoms with Gasteiger partial charge in [0.2, 0.25) is 5.79 Å². The summed E-state index contributed by atoms with van der Waals surface area (Å²) in [6, 6.07) is 0. The second-order valence-electron chi connectivity index (χ2n) is 10.9. The fourth-order valence-corrected chi connectivity index (χ4v) is 8.46. The molecular formula is C24H32O8. The van der Waals surface area contributed by atoms with Gasteiger partial charge < -0.3 is 24.4 Å². The summed E-state index contributed by atoms with van der Waals surface area (Å²) in [5, 5.41) is 23.6. The van der Waals surface area contributed by atoms with Gasteiger partial charge in [-0.3, -0.25) is 14.4 Å². The van der Waals surface area contributed by atoms with E-state index in [9.17, 15) is 24.6 Å². The number of aliphatic hydroxyl groups excluding tert-OH is 1.